The standard InChI is InChI=1S/C28H39N3O2/c1-17(31-29-24-6-4-5-7-25(24)30-31)26(32)23-11-10-22-21-9-8-18-16-27(2,33)14-12-19(18)20(21)13-15-28(22,23)3/h4-7,17-23,33H,8-16H2,1-3H3/t17-,18+,19-,20+,21+,22-,23+,27+,28-/m0/s1. The molecule has 5 heteroatoms. The van der Waals surface area contributed by atoms with Crippen molar-refractivity contribution >= 4 is 16.8 Å². The molecule has 4 aliphatic carbocycles. The fourth-order valence-corrected chi connectivity index (χ4v) is 9.00. The van der Waals surface area contributed by atoms with Gasteiger partial charge in [-0.3, -0.25) is 4.79 Å². The van der Waals surface area contributed by atoms with Gasteiger partial charge in [0.05, 0.1) is 5.60 Å². The molecule has 1 heterocycles. The van der Waals surface area contributed by atoms with Crippen LogP contribution in [-0.2, 0) is 4.79 Å². The van der Waals surface area contributed by atoms with Crippen molar-refractivity contribution < 1.29 is 9.90 Å². The van der Waals surface area contributed by atoms with Crippen LogP contribution < -0.4 is 0 Å². The zero-order valence-electron chi connectivity index (χ0n) is 20.4. The van der Waals surface area contributed by atoms with Gasteiger partial charge in [0.15, 0.2) is 5.78 Å². The van der Waals surface area contributed by atoms with Gasteiger partial charge in [0, 0.05) is 5.92 Å². The van der Waals surface area contributed by atoms with Crippen molar-refractivity contribution in [1.29, 1.82) is 0 Å². The summed E-state index contributed by atoms with van der Waals surface area (Å²) in [6.45, 7) is 6.46. The van der Waals surface area contributed by atoms with E-state index in [1.165, 1.54) is 38.5 Å². The fourth-order valence-electron chi connectivity index (χ4n) is 9.00. The Morgan fingerprint density at radius 2 is 1.67 bits per heavy atom. The minimum Gasteiger partial charge on any atom is -0.390 e. The van der Waals surface area contributed by atoms with E-state index in [0.29, 0.717) is 17.6 Å². The van der Waals surface area contributed by atoms with Crippen molar-refractivity contribution in [2.45, 2.75) is 90.2 Å². The van der Waals surface area contributed by atoms with E-state index in [0.717, 1.165) is 48.0 Å². The van der Waals surface area contributed by atoms with Gasteiger partial charge in [-0.25, -0.2) is 0 Å². The number of ketones is 1. The van der Waals surface area contributed by atoms with Gasteiger partial charge in [-0.15, -0.1) is 0 Å². The van der Waals surface area contributed by atoms with Gasteiger partial charge in [-0.2, -0.15) is 15.0 Å². The first kappa shape index (κ1) is 21.8. The molecule has 0 amide bonds. The summed E-state index contributed by atoms with van der Waals surface area (Å²) in [6.07, 6.45) is 10.4. The summed E-state index contributed by atoms with van der Waals surface area (Å²) >= 11 is 0. The van der Waals surface area contributed by atoms with Gasteiger partial charge in [-0.1, -0.05) is 19.1 Å². The van der Waals surface area contributed by atoms with Crippen LogP contribution in [0.5, 0.6) is 0 Å². The molecule has 178 valence electrons. The first-order chi connectivity index (χ1) is 15.8. The van der Waals surface area contributed by atoms with E-state index in [2.05, 4.69) is 17.1 Å². The van der Waals surface area contributed by atoms with E-state index in [1.807, 2.05) is 38.1 Å². The summed E-state index contributed by atoms with van der Waals surface area (Å²) in [5, 5.41) is 19.9. The molecule has 0 aliphatic heterocycles. The number of aliphatic hydroxyl groups is 1. The maximum atomic E-state index is 13.8. The number of hydrogen-bond donors (Lipinski definition) is 1. The van der Waals surface area contributed by atoms with Crippen molar-refractivity contribution in [1.82, 2.24) is 15.0 Å². The average molecular weight is 450 g/mol. The van der Waals surface area contributed by atoms with Crippen LogP contribution in [0.4, 0.5) is 0 Å². The number of carbonyl (C=O) groups is 1. The van der Waals surface area contributed by atoms with Crippen LogP contribution >= 0.6 is 0 Å². The minimum absolute atomic E-state index is 0.117. The van der Waals surface area contributed by atoms with Crippen LogP contribution in [0.15, 0.2) is 24.3 Å². The van der Waals surface area contributed by atoms with Crippen LogP contribution in [0.3, 0.4) is 0 Å². The zero-order chi connectivity index (χ0) is 23.0. The molecule has 1 aromatic heterocycles. The number of hydrogen-bond acceptors (Lipinski definition) is 4. The van der Waals surface area contributed by atoms with Crippen LogP contribution in [0.25, 0.3) is 11.0 Å². The van der Waals surface area contributed by atoms with E-state index >= 15 is 0 Å². The molecule has 4 aliphatic rings. The summed E-state index contributed by atoms with van der Waals surface area (Å²) in [5.74, 6) is 4.21. The van der Waals surface area contributed by atoms with Crippen LogP contribution in [-0.4, -0.2) is 31.5 Å². The van der Waals surface area contributed by atoms with Gasteiger partial charge in [0.2, 0.25) is 0 Å². The van der Waals surface area contributed by atoms with Crippen molar-refractivity contribution in [2.75, 3.05) is 0 Å². The molecule has 9 atom stereocenters. The third-order valence-electron chi connectivity index (χ3n) is 10.6. The van der Waals surface area contributed by atoms with E-state index in [1.54, 1.807) is 4.80 Å². The highest BCUT2D eigenvalue weighted by molar-refractivity contribution is 5.86. The second-order valence-electron chi connectivity index (χ2n) is 12.4. The predicted octanol–water partition coefficient (Wildman–Crippen LogP) is 5.58. The van der Waals surface area contributed by atoms with Crippen molar-refractivity contribution in [3.63, 3.8) is 0 Å². The Kier molecular flexibility index (Phi) is 5.03. The number of nitrogens with zero attached hydrogens (tertiary/aromatic N) is 3. The maximum Gasteiger partial charge on any atom is 0.162 e. The van der Waals surface area contributed by atoms with Crippen molar-refractivity contribution in [3.05, 3.63) is 24.3 Å². The first-order valence-corrected chi connectivity index (χ1v) is 13.3. The monoisotopic (exact) mass is 449 g/mol. The molecule has 5 nitrogen and oxygen atoms in total. The zero-order valence-corrected chi connectivity index (χ0v) is 20.4. The lowest BCUT2D eigenvalue weighted by molar-refractivity contribution is -0.135. The average Bonchev–Trinajstić information content (AvgIpc) is 3.38. The fraction of sp³-hybridized carbons (Fsp3) is 0.750. The molecule has 6 rings (SSSR count). The Balaban J connectivity index is 1.21. The summed E-state index contributed by atoms with van der Waals surface area (Å²) in [7, 11) is 0. The minimum atomic E-state index is -0.455. The lowest BCUT2D eigenvalue weighted by atomic mass is 9.49. The lowest BCUT2D eigenvalue weighted by Gasteiger charge is -2.57. The number of fused-ring (bicyclic) bond motifs is 6. The number of carbonyl (C=O) groups excluding carboxylic acids is 1. The molecule has 0 unspecified atom stereocenters. The summed E-state index contributed by atoms with van der Waals surface area (Å²) in [5.41, 5.74) is 1.38. The molecule has 4 saturated carbocycles. The Morgan fingerprint density at radius 3 is 2.39 bits per heavy atom. The molecule has 0 spiro atoms. The lowest BCUT2D eigenvalue weighted by Crippen LogP contribution is -2.51. The Bertz CT molecular complexity index is 1030. The van der Waals surface area contributed by atoms with Crippen LogP contribution in [0.1, 0.15) is 84.6 Å². The summed E-state index contributed by atoms with van der Waals surface area (Å²) in [4.78, 5) is 15.5. The largest absolute Gasteiger partial charge is 0.390 e. The molecule has 33 heavy (non-hydrogen) atoms. The quantitative estimate of drug-likeness (QED) is 0.664. The number of benzene rings is 1. The van der Waals surface area contributed by atoms with Crippen molar-refractivity contribution in [3.8, 4) is 0 Å². The van der Waals surface area contributed by atoms with Crippen LogP contribution in [0, 0.1) is 40.9 Å². The molecule has 0 radical (unpaired) electrons. The van der Waals surface area contributed by atoms with Gasteiger partial charge < -0.3 is 5.11 Å². The Labute approximate surface area is 197 Å². The Hall–Kier alpha value is -1.75. The Morgan fingerprint density at radius 1 is 0.970 bits per heavy atom. The highest BCUT2D eigenvalue weighted by Gasteiger charge is 2.59. The van der Waals surface area contributed by atoms with E-state index in [-0.39, 0.29) is 17.4 Å². The van der Waals surface area contributed by atoms with Gasteiger partial charge in [0.25, 0.3) is 0 Å². The van der Waals surface area contributed by atoms with E-state index in [4.69, 9.17) is 0 Å². The SMILES string of the molecule is C[C@@H](C(=O)[C@H]1CC[C@H]2[C@@H]3CC[C@@H]4C[C@](C)(O)CC[C@@H]4[C@H]3CC[C@]12C)n1nc2ccccc2n1. The number of rotatable bonds is 3. The highest BCUT2D eigenvalue weighted by Crippen LogP contribution is 2.65. The predicted molar refractivity (Wildman–Crippen MR) is 128 cm³/mol. The smallest absolute Gasteiger partial charge is 0.162 e. The molecule has 4 fully saturated rings. The van der Waals surface area contributed by atoms with Crippen molar-refractivity contribution in [2.24, 2.45) is 40.9 Å². The van der Waals surface area contributed by atoms with E-state index < -0.39 is 5.60 Å². The van der Waals surface area contributed by atoms with Gasteiger partial charge in [0.1, 0.15) is 17.1 Å². The highest BCUT2D eigenvalue weighted by atomic mass is 16.3. The van der Waals surface area contributed by atoms with Crippen LogP contribution in [0.2, 0.25) is 0 Å². The molecular weight excluding hydrogens is 410 g/mol. The molecule has 1 aromatic carbocycles. The molecule has 0 bridgehead atoms. The molecule has 1 N–H and O–H groups in total. The third kappa shape index (κ3) is 3.40. The molecule has 2 aromatic rings. The second kappa shape index (κ2) is 7.63. The maximum absolute atomic E-state index is 13.8. The topological polar surface area (TPSA) is 68.0 Å². The first-order valence-electron chi connectivity index (χ1n) is 13.3. The summed E-state index contributed by atoms with van der Waals surface area (Å²) in [6, 6.07) is 7.55. The molecular formula is C28H39N3O2. The van der Waals surface area contributed by atoms with Gasteiger partial charge in [-0.05, 0) is 119 Å². The number of aromatic nitrogens is 3. The second-order valence-corrected chi connectivity index (χ2v) is 12.4. The molecule has 0 saturated heterocycles. The number of Topliss-reactive ketones (excluding diaryl/α,β-unsaturated/α-hetero) is 1. The van der Waals surface area contributed by atoms with E-state index in [9.17, 15) is 9.90 Å². The third-order valence-corrected chi connectivity index (χ3v) is 10.6. The van der Waals surface area contributed by atoms with Gasteiger partial charge >= 0.3 is 0 Å². The normalized spacial score (nSPS) is 43.5. The summed E-state index contributed by atoms with van der Waals surface area (Å²) < 4.78 is 0.